The van der Waals surface area contributed by atoms with Crippen LogP contribution in [-0.2, 0) is 4.79 Å². The first-order valence-electron chi connectivity index (χ1n) is 13.6. The first kappa shape index (κ1) is 27.6. The molecule has 1 aromatic rings. The van der Waals surface area contributed by atoms with E-state index in [2.05, 4.69) is 17.9 Å². The van der Waals surface area contributed by atoms with E-state index in [1.807, 2.05) is 36.0 Å². The van der Waals surface area contributed by atoms with Crippen LogP contribution >= 0.6 is 0 Å². The maximum Gasteiger partial charge on any atom is 0.251 e. The van der Waals surface area contributed by atoms with Crippen LogP contribution in [0.15, 0.2) is 24.3 Å². The fourth-order valence-corrected chi connectivity index (χ4v) is 5.87. The van der Waals surface area contributed by atoms with Gasteiger partial charge in [-0.2, -0.15) is 0 Å². The van der Waals surface area contributed by atoms with Gasteiger partial charge in [-0.25, -0.2) is 0 Å². The number of unbranched alkanes of at least 4 members (excludes halogenated alkanes) is 3. The molecule has 0 aliphatic carbocycles. The molecule has 2 amide bonds. The zero-order chi connectivity index (χ0) is 25.4. The monoisotopic (exact) mass is 486 g/mol. The molecule has 196 valence electrons. The number of amides is 2. The lowest BCUT2D eigenvalue weighted by molar-refractivity contribution is -0.141. The molecule has 3 rings (SSSR count). The lowest BCUT2D eigenvalue weighted by Gasteiger charge is -2.40. The molecule has 7 heteroatoms. The maximum absolute atomic E-state index is 13.1. The normalized spacial score (nSPS) is 22.9. The third-order valence-electron chi connectivity index (χ3n) is 7.88. The Morgan fingerprint density at radius 1 is 1.09 bits per heavy atom. The van der Waals surface area contributed by atoms with E-state index in [4.69, 9.17) is 5.73 Å². The zero-order valence-electron chi connectivity index (χ0n) is 22.0. The molecule has 1 aromatic carbocycles. The van der Waals surface area contributed by atoms with Crippen LogP contribution < -0.4 is 5.73 Å². The minimum absolute atomic E-state index is 0.117. The summed E-state index contributed by atoms with van der Waals surface area (Å²) in [5.74, 6) is -0.0414. The summed E-state index contributed by atoms with van der Waals surface area (Å²) in [6.45, 7) is 5.16. The fourth-order valence-electron chi connectivity index (χ4n) is 5.87. The van der Waals surface area contributed by atoms with Crippen molar-refractivity contribution in [1.82, 2.24) is 14.7 Å². The number of aliphatic hydroxyl groups excluding tert-OH is 1. The van der Waals surface area contributed by atoms with Crippen molar-refractivity contribution in [3.05, 3.63) is 35.4 Å². The van der Waals surface area contributed by atoms with Crippen LogP contribution in [-0.4, -0.2) is 90.1 Å². The summed E-state index contributed by atoms with van der Waals surface area (Å²) in [5.41, 5.74) is 7.30. The van der Waals surface area contributed by atoms with Crippen molar-refractivity contribution in [2.24, 2.45) is 5.73 Å². The average molecular weight is 487 g/mol. The molecule has 0 radical (unpaired) electrons. The third kappa shape index (κ3) is 7.76. The van der Waals surface area contributed by atoms with Crippen molar-refractivity contribution in [1.29, 1.82) is 0 Å². The molecule has 7 nitrogen and oxygen atoms in total. The van der Waals surface area contributed by atoms with Gasteiger partial charge in [0.2, 0.25) is 5.91 Å². The Kier molecular flexibility index (Phi) is 10.6. The Morgan fingerprint density at radius 2 is 1.80 bits per heavy atom. The fraction of sp³-hybridized carbons (Fsp3) is 0.714. The van der Waals surface area contributed by atoms with Crippen LogP contribution in [0.5, 0.6) is 0 Å². The number of fused-ring (bicyclic) bond motifs is 2. The lowest BCUT2D eigenvalue weighted by atomic mass is 9.84. The number of rotatable bonds is 14. The summed E-state index contributed by atoms with van der Waals surface area (Å²) in [4.78, 5) is 31.2. The van der Waals surface area contributed by atoms with Crippen LogP contribution in [0, 0.1) is 0 Å². The zero-order valence-corrected chi connectivity index (χ0v) is 22.0. The van der Waals surface area contributed by atoms with Crippen LogP contribution in [0.2, 0.25) is 0 Å². The number of piperidine rings is 1. The molecule has 2 heterocycles. The van der Waals surface area contributed by atoms with Crippen molar-refractivity contribution >= 4 is 11.8 Å². The van der Waals surface area contributed by atoms with E-state index in [0.717, 1.165) is 38.8 Å². The second-order valence-electron chi connectivity index (χ2n) is 10.8. The standard InChI is InChI=1S/C28H46N4O3/c1-4-5-6-7-14-31(28(35)26(33)13-15-30(2)3)16-17-32-24-11-12-25(32)20-23(19-24)21-9-8-10-22(18-21)27(29)34/h8-10,18,23-26,33H,4-7,11-17,19-20H2,1-3H3,(H2,29,34)/t23?,24?,25?,26-/m0/s1. The number of nitrogens with two attached hydrogens (primary N) is 1. The third-order valence-corrected chi connectivity index (χ3v) is 7.88. The van der Waals surface area contributed by atoms with E-state index in [0.29, 0.717) is 43.1 Å². The van der Waals surface area contributed by atoms with Crippen molar-refractivity contribution in [2.45, 2.75) is 88.8 Å². The number of aliphatic hydroxyl groups is 1. The SMILES string of the molecule is CCCCCCN(CCN1C2CCC1CC(c1cccc(C(N)=O)c1)C2)C(=O)[C@@H](O)CCN(C)C. The highest BCUT2D eigenvalue weighted by Crippen LogP contribution is 2.43. The van der Waals surface area contributed by atoms with Crippen LogP contribution in [0.3, 0.4) is 0 Å². The topological polar surface area (TPSA) is 90.1 Å². The van der Waals surface area contributed by atoms with Gasteiger partial charge in [0, 0.05) is 43.8 Å². The van der Waals surface area contributed by atoms with Gasteiger partial charge in [-0.3, -0.25) is 14.5 Å². The van der Waals surface area contributed by atoms with E-state index >= 15 is 0 Å². The minimum atomic E-state index is -0.927. The average Bonchev–Trinajstić information content (AvgIpc) is 3.07. The van der Waals surface area contributed by atoms with Crippen LogP contribution in [0.1, 0.15) is 86.6 Å². The molecule has 0 saturated carbocycles. The summed E-state index contributed by atoms with van der Waals surface area (Å²) >= 11 is 0. The Labute approximate surface area is 211 Å². The van der Waals surface area contributed by atoms with Gasteiger partial charge in [0.1, 0.15) is 6.10 Å². The molecule has 2 unspecified atom stereocenters. The van der Waals surface area contributed by atoms with Gasteiger partial charge in [-0.15, -0.1) is 0 Å². The van der Waals surface area contributed by atoms with E-state index in [9.17, 15) is 14.7 Å². The quantitative estimate of drug-likeness (QED) is 0.394. The number of hydrogen-bond donors (Lipinski definition) is 2. The molecule has 0 spiro atoms. The molecule has 3 atom stereocenters. The Balaban J connectivity index is 1.59. The Hall–Kier alpha value is -1.96. The van der Waals surface area contributed by atoms with Gasteiger partial charge in [-0.05, 0) is 76.2 Å². The predicted molar refractivity (Wildman–Crippen MR) is 140 cm³/mol. The summed E-state index contributed by atoms with van der Waals surface area (Å²) in [6, 6.07) is 8.83. The van der Waals surface area contributed by atoms with Crippen molar-refractivity contribution in [2.75, 3.05) is 40.3 Å². The van der Waals surface area contributed by atoms with Gasteiger partial charge < -0.3 is 20.6 Å². The lowest BCUT2D eigenvalue weighted by Crippen LogP contribution is -2.49. The van der Waals surface area contributed by atoms with E-state index in [-0.39, 0.29) is 11.8 Å². The molecule has 2 aliphatic heterocycles. The molecule has 2 saturated heterocycles. The number of benzene rings is 1. The molecular weight excluding hydrogens is 440 g/mol. The summed E-state index contributed by atoms with van der Waals surface area (Å²) in [7, 11) is 3.92. The first-order chi connectivity index (χ1) is 16.8. The van der Waals surface area contributed by atoms with Crippen molar-refractivity contribution in [3.8, 4) is 0 Å². The van der Waals surface area contributed by atoms with Gasteiger partial charge in [0.05, 0.1) is 0 Å². The van der Waals surface area contributed by atoms with Crippen LogP contribution in [0.4, 0.5) is 0 Å². The second-order valence-corrected chi connectivity index (χ2v) is 10.8. The second kappa shape index (κ2) is 13.4. The highest BCUT2D eigenvalue weighted by atomic mass is 16.3. The van der Waals surface area contributed by atoms with Crippen LogP contribution in [0.25, 0.3) is 0 Å². The van der Waals surface area contributed by atoms with Gasteiger partial charge in [0.25, 0.3) is 5.91 Å². The Bertz CT molecular complexity index is 816. The van der Waals surface area contributed by atoms with E-state index in [1.165, 1.54) is 31.2 Å². The van der Waals surface area contributed by atoms with Crippen molar-refractivity contribution in [3.63, 3.8) is 0 Å². The van der Waals surface area contributed by atoms with Gasteiger partial charge in [0.15, 0.2) is 0 Å². The molecule has 2 fully saturated rings. The highest BCUT2D eigenvalue weighted by molar-refractivity contribution is 5.92. The minimum Gasteiger partial charge on any atom is -0.383 e. The molecule has 2 aliphatic rings. The predicted octanol–water partition coefficient (Wildman–Crippen LogP) is 3.22. The molecule has 35 heavy (non-hydrogen) atoms. The summed E-state index contributed by atoms with van der Waals surface area (Å²) in [6.07, 6.45) is 8.53. The number of hydrogen-bond acceptors (Lipinski definition) is 5. The Morgan fingerprint density at radius 3 is 2.43 bits per heavy atom. The van der Waals surface area contributed by atoms with E-state index < -0.39 is 6.10 Å². The van der Waals surface area contributed by atoms with Gasteiger partial charge >= 0.3 is 0 Å². The van der Waals surface area contributed by atoms with Crippen molar-refractivity contribution < 1.29 is 14.7 Å². The summed E-state index contributed by atoms with van der Waals surface area (Å²) in [5, 5.41) is 10.6. The number of primary amides is 1. The van der Waals surface area contributed by atoms with E-state index in [1.54, 1.807) is 6.07 Å². The smallest absolute Gasteiger partial charge is 0.251 e. The molecule has 2 bridgehead atoms. The number of nitrogens with zero attached hydrogens (tertiary/aromatic N) is 3. The highest BCUT2D eigenvalue weighted by Gasteiger charge is 2.41. The van der Waals surface area contributed by atoms with Gasteiger partial charge in [-0.1, -0.05) is 38.3 Å². The molecular formula is C28H46N4O3. The maximum atomic E-state index is 13.1. The molecule has 0 aromatic heterocycles. The summed E-state index contributed by atoms with van der Waals surface area (Å²) < 4.78 is 0. The molecule has 3 N–H and O–H groups in total. The largest absolute Gasteiger partial charge is 0.383 e. The first-order valence-corrected chi connectivity index (χ1v) is 13.6. The number of carbonyl (C=O) groups is 2. The number of carbonyl (C=O) groups excluding carboxylic acids is 2.